The molecule has 4 nitrogen and oxygen atoms in total. The van der Waals surface area contributed by atoms with Gasteiger partial charge in [0.25, 0.3) is 0 Å². The molecule has 0 saturated heterocycles. The molecular formula is C19H27N3O. The lowest BCUT2D eigenvalue weighted by atomic mass is 10.3. The summed E-state index contributed by atoms with van der Waals surface area (Å²) in [5, 5.41) is 5.81. The molecule has 1 aromatic carbocycles. The van der Waals surface area contributed by atoms with Crippen LogP contribution in [-0.4, -0.2) is 10.9 Å². The number of hydrogen-bond acceptors (Lipinski definition) is 3. The summed E-state index contributed by atoms with van der Waals surface area (Å²) in [6, 6.07) is 13.2. The van der Waals surface area contributed by atoms with E-state index in [9.17, 15) is 4.79 Å². The van der Waals surface area contributed by atoms with Gasteiger partial charge >= 0.3 is 0 Å². The van der Waals surface area contributed by atoms with Crippen LogP contribution in [0.3, 0.4) is 0 Å². The average Bonchev–Trinajstić information content (AvgIpc) is 2.64. The Morgan fingerprint density at radius 3 is 2.22 bits per heavy atom. The Labute approximate surface area is 139 Å². The van der Waals surface area contributed by atoms with E-state index in [1.807, 2.05) is 70.2 Å². The van der Waals surface area contributed by atoms with E-state index in [-0.39, 0.29) is 5.91 Å². The molecule has 2 N–H and O–H groups in total. The Morgan fingerprint density at radius 2 is 1.61 bits per heavy atom. The highest BCUT2D eigenvalue weighted by Gasteiger charge is 1.95. The van der Waals surface area contributed by atoms with E-state index < -0.39 is 0 Å². The van der Waals surface area contributed by atoms with E-state index in [4.69, 9.17) is 0 Å². The van der Waals surface area contributed by atoms with Crippen molar-refractivity contribution in [2.75, 3.05) is 5.32 Å². The van der Waals surface area contributed by atoms with Crippen LogP contribution in [-0.2, 0) is 11.3 Å². The molecule has 0 aliphatic carbocycles. The van der Waals surface area contributed by atoms with Crippen molar-refractivity contribution in [2.45, 2.75) is 34.2 Å². The monoisotopic (exact) mass is 313 g/mol. The van der Waals surface area contributed by atoms with Crippen LogP contribution >= 0.6 is 0 Å². The Balaban J connectivity index is 0.00000112. The van der Waals surface area contributed by atoms with Gasteiger partial charge in [0.1, 0.15) is 0 Å². The highest BCUT2D eigenvalue weighted by molar-refractivity contribution is 5.99. The molecule has 0 fully saturated rings. The van der Waals surface area contributed by atoms with Gasteiger partial charge in [0, 0.05) is 36.9 Å². The molecule has 0 aliphatic heterocycles. The fourth-order valence-corrected chi connectivity index (χ4v) is 1.52. The van der Waals surface area contributed by atoms with Crippen LogP contribution in [0.4, 0.5) is 5.69 Å². The molecule has 0 atom stereocenters. The number of nitrogens with zero attached hydrogens (tertiary/aromatic N) is 1. The lowest BCUT2D eigenvalue weighted by Gasteiger charge is -2.02. The van der Waals surface area contributed by atoms with Crippen LogP contribution in [0.15, 0.2) is 67.1 Å². The Morgan fingerprint density at radius 1 is 1.00 bits per heavy atom. The molecule has 124 valence electrons. The molecule has 0 saturated carbocycles. The number of hydrogen-bond donors (Lipinski definition) is 2. The van der Waals surface area contributed by atoms with Crippen molar-refractivity contribution in [3.63, 3.8) is 0 Å². The Hall–Kier alpha value is -2.62. The molecule has 2 aromatic rings. The summed E-state index contributed by atoms with van der Waals surface area (Å²) in [4.78, 5) is 15.5. The highest BCUT2D eigenvalue weighted by atomic mass is 16.1. The number of para-hydroxylation sites is 1. The predicted octanol–water partition coefficient (Wildman–Crippen LogP) is 4.38. The van der Waals surface area contributed by atoms with Crippen molar-refractivity contribution < 1.29 is 4.79 Å². The first-order chi connectivity index (χ1) is 11.3. The third kappa shape index (κ3) is 9.85. The zero-order valence-corrected chi connectivity index (χ0v) is 14.4. The number of aromatic nitrogens is 1. The first kappa shape index (κ1) is 20.4. The van der Waals surface area contributed by atoms with Gasteiger partial charge in [-0.1, -0.05) is 45.9 Å². The summed E-state index contributed by atoms with van der Waals surface area (Å²) in [6.07, 6.45) is 6.58. The first-order valence-electron chi connectivity index (χ1n) is 7.99. The second-order valence-corrected chi connectivity index (χ2v) is 3.92. The summed E-state index contributed by atoms with van der Waals surface area (Å²) < 4.78 is 0. The minimum Gasteiger partial charge on any atom is -0.387 e. The van der Waals surface area contributed by atoms with E-state index in [1.165, 1.54) is 6.08 Å². The maximum absolute atomic E-state index is 11.6. The van der Waals surface area contributed by atoms with Crippen LogP contribution in [0, 0.1) is 0 Å². The summed E-state index contributed by atoms with van der Waals surface area (Å²) in [7, 11) is 0. The number of carbonyl (C=O) groups is 1. The largest absolute Gasteiger partial charge is 0.387 e. The highest BCUT2D eigenvalue weighted by Crippen LogP contribution is 2.04. The molecule has 0 spiro atoms. The number of benzene rings is 1. The zero-order chi connectivity index (χ0) is 17.3. The van der Waals surface area contributed by atoms with Crippen molar-refractivity contribution in [3.8, 4) is 0 Å². The topological polar surface area (TPSA) is 54.0 Å². The second-order valence-electron chi connectivity index (χ2n) is 3.92. The lowest BCUT2D eigenvalue weighted by Crippen LogP contribution is -2.10. The Kier molecular flexibility index (Phi) is 12.7. The molecule has 0 radical (unpaired) electrons. The summed E-state index contributed by atoms with van der Waals surface area (Å²) >= 11 is 0. The summed E-state index contributed by atoms with van der Waals surface area (Å²) in [5.74, 6) is -0.159. The van der Waals surface area contributed by atoms with Gasteiger partial charge in [-0.25, -0.2) is 0 Å². The van der Waals surface area contributed by atoms with Crippen LogP contribution in [0.2, 0.25) is 0 Å². The van der Waals surface area contributed by atoms with Crippen LogP contribution in [0.5, 0.6) is 0 Å². The fraction of sp³-hybridized carbons (Fsp3) is 0.263. The van der Waals surface area contributed by atoms with E-state index in [1.54, 1.807) is 18.6 Å². The smallest absolute Gasteiger partial charge is 0.249 e. The third-order valence-electron chi connectivity index (χ3n) is 2.45. The van der Waals surface area contributed by atoms with E-state index in [2.05, 4.69) is 15.6 Å². The molecule has 1 aromatic heterocycles. The van der Waals surface area contributed by atoms with Gasteiger partial charge in [-0.3, -0.25) is 9.78 Å². The normalized spacial score (nSPS) is 9.04. The van der Waals surface area contributed by atoms with Crippen molar-refractivity contribution in [2.24, 2.45) is 0 Å². The van der Waals surface area contributed by atoms with Gasteiger partial charge in [0.15, 0.2) is 0 Å². The van der Waals surface area contributed by atoms with E-state index >= 15 is 0 Å². The number of pyridine rings is 1. The van der Waals surface area contributed by atoms with Crippen LogP contribution in [0.25, 0.3) is 0 Å². The third-order valence-corrected chi connectivity index (χ3v) is 2.45. The number of amides is 1. The number of carbonyl (C=O) groups excluding carboxylic acids is 1. The van der Waals surface area contributed by atoms with Gasteiger partial charge in [-0.05, 0) is 29.8 Å². The summed E-state index contributed by atoms with van der Waals surface area (Å²) in [5.41, 5.74) is 1.90. The SMILES string of the molecule is CC.CC.O=C(/C=C\NCc1ccncc1)Nc1ccccc1. The number of anilines is 1. The maximum atomic E-state index is 11.6. The fourth-order valence-electron chi connectivity index (χ4n) is 1.52. The molecule has 4 heteroatoms. The minimum atomic E-state index is -0.159. The van der Waals surface area contributed by atoms with Crippen molar-refractivity contribution >= 4 is 11.6 Å². The van der Waals surface area contributed by atoms with E-state index in [0.717, 1.165) is 11.3 Å². The summed E-state index contributed by atoms with van der Waals surface area (Å²) in [6.45, 7) is 8.66. The van der Waals surface area contributed by atoms with Gasteiger partial charge in [-0.15, -0.1) is 0 Å². The second kappa shape index (κ2) is 14.3. The van der Waals surface area contributed by atoms with Crippen LogP contribution < -0.4 is 10.6 Å². The standard InChI is InChI=1S/C15H15N3O.2C2H6/c19-15(18-14-4-2-1-3-5-14)8-11-17-12-13-6-9-16-10-7-13;2*1-2/h1-11,17H,12H2,(H,18,19);2*1-2H3/b11-8-;;. The van der Waals surface area contributed by atoms with Gasteiger partial charge in [-0.2, -0.15) is 0 Å². The maximum Gasteiger partial charge on any atom is 0.249 e. The molecule has 0 unspecified atom stereocenters. The van der Waals surface area contributed by atoms with Crippen molar-refractivity contribution in [1.29, 1.82) is 0 Å². The van der Waals surface area contributed by atoms with Gasteiger partial charge in [0.2, 0.25) is 5.91 Å². The molecule has 2 rings (SSSR count). The number of rotatable bonds is 5. The molecular weight excluding hydrogens is 286 g/mol. The number of nitrogens with one attached hydrogen (secondary N) is 2. The zero-order valence-electron chi connectivity index (χ0n) is 14.4. The average molecular weight is 313 g/mol. The molecule has 0 bridgehead atoms. The quantitative estimate of drug-likeness (QED) is 0.806. The molecule has 23 heavy (non-hydrogen) atoms. The van der Waals surface area contributed by atoms with Crippen LogP contribution in [0.1, 0.15) is 33.3 Å². The van der Waals surface area contributed by atoms with Gasteiger partial charge in [0.05, 0.1) is 0 Å². The Bertz CT molecular complexity index is 539. The van der Waals surface area contributed by atoms with E-state index in [0.29, 0.717) is 6.54 Å². The minimum absolute atomic E-state index is 0.159. The van der Waals surface area contributed by atoms with Crippen molar-refractivity contribution in [3.05, 3.63) is 72.7 Å². The van der Waals surface area contributed by atoms with Crippen molar-refractivity contribution in [1.82, 2.24) is 10.3 Å². The predicted molar refractivity (Wildman–Crippen MR) is 98.0 cm³/mol. The van der Waals surface area contributed by atoms with Gasteiger partial charge < -0.3 is 10.6 Å². The lowest BCUT2D eigenvalue weighted by molar-refractivity contribution is -0.111. The molecule has 0 aliphatic rings. The molecule has 1 amide bonds. The molecule has 1 heterocycles. The first-order valence-corrected chi connectivity index (χ1v) is 7.99.